The van der Waals surface area contributed by atoms with Crippen LogP contribution in [0.15, 0.2) is 30.7 Å². The van der Waals surface area contributed by atoms with Crippen molar-refractivity contribution in [3.8, 4) is 5.82 Å². The topological polar surface area (TPSA) is 71.8 Å². The Labute approximate surface area is 167 Å². The Kier molecular flexibility index (Phi) is 9.62. The van der Waals surface area contributed by atoms with Gasteiger partial charge < -0.3 is 10.6 Å². The number of carbonyl (C=O) groups is 1. The summed E-state index contributed by atoms with van der Waals surface area (Å²) in [6.07, 6.45) is 9.43. The summed E-state index contributed by atoms with van der Waals surface area (Å²) in [5, 5.41) is 6.34. The summed E-state index contributed by atoms with van der Waals surface area (Å²) in [6.45, 7) is 4.64. The number of amides is 1. The third-order valence-corrected chi connectivity index (χ3v) is 4.61. The van der Waals surface area contributed by atoms with Crippen LogP contribution in [0.2, 0.25) is 0 Å². The molecule has 2 N–H and O–H groups in total. The van der Waals surface area contributed by atoms with Crippen LogP contribution >= 0.6 is 24.8 Å². The number of aromatic nitrogens is 3. The van der Waals surface area contributed by atoms with E-state index < -0.39 is 0 Å². The highest BCUT2D eigenvalue weighted by Gasteiger charge is 2.14. The number of nitrogens with zero attached hydrogens (tertiary/aromatic N) is 3. The maximum atomic E-state index is 12.0. The molecule has 0 aromatic carbocycles. The Balaban J connectivity index is 0.00000169. The smallest absolute Gasteiger partial charge is 0.220 e. The van der Waals surface area contributed by atoms with Gasteiger partial charge in [-0.2, -0.15) is 0 Å². The zero-order valence-corrected chi connectivity index (χ0v) is 16.6. The summed E-state index contributed by atoms with van der Waals surface area (Å²) in [5.74, 6) is 2.56. The van der Waals surface area contributed by atoms with Crippen LogP contribution in [0.4, 0.5) is 0 Å². The predicted octanol–water partition coefficient (Wildman–Crippen LogP) is 2.82. The van der Waals surface area contributed by atoms with E-state index in [4.69, 9.17) is 0 Å². The molecule has 1 fully saturated rings. The van der Waals surface area contributed by atoms with E-state index in [0.717, 1.165) is 36.7 Å². The number of nitrogens with one attached hydrogen (secondary N) is 2. The summed E-state index contributed by atoms with van der Waals surface area (Å²) in [4.78, 5) is 20.6. The number of rotatable bonds is 6. The van der Waals surface area contributed by atoms with Crippen molar-refractivity contribution in [3.05, 3.63) is 42.1 Å². The highest BCUT2D eigenvalue weighted by Crippen LogP contribution is 2.17. The number of halogens is 2. The molecule has 0 saturated carbocycles. The minimum atomic E-state index is 0. The van der Waals surface area contributed by atoms with E-state index in [1.807, 2.05) is 36.0 Å². The molecular formula is C18H27Cl2N5O. The summed E-state index contributed by atoms with van der Waals surface area (Å²) in [5.41, 5.74) is 1.01. The van der Waals surface area contributed by atoms with Gasteiger partial charge in [-0.3, -0.25) is 9.36 Å². The summed E-state index contributed by atoms with van der Waals surface area (Å²) >= 11 is 0. The first-order valence-corrected chi connectivity index (χ1v) is 8.65. The molecule has 1 amide bonds. The van der Waals surface area contributed by atoms with Crippen LogP contribution in [0, 0.1) is 12.8 Å². The molecule has 144 valence electrons. The minimum absolute atomic E-state index is 0. The molecule has 1 saturated heterocycles. The molecule has 0 radical (unpaired) electrons. The largest absolute Gasteiger partial charge is 0.352 e. The second kappa shape index (κ2) is 11.2. The van der Waals surface area contributed by atoms with Crippen molar-refractivity contribution in [2.75, 3.05) is 13.1 Å². The average Bonchev–Trinajstić information content (AvgIpc) is 3.05. The van der Waals surface area contributed by atoms with Gasteiger partial charge in [0, 0.05) is 31.6 Å². The molecule has 8 heteroatoms. The quantitative estimate of drug-likeness (QED) is 0.782. The molecule has 0 atom stereocenters. The van der Waals surface area contributed by atoms with Gasteiger partial charge >= 0.3 is 0 Å². The average molecular weight is 400 g/mol. The van der Waals surface area contributed by atoms with Crippen molar-refractivity contribution >= 4 is 30.7 Å². The first kappa shape index (κ1) is 22.4. The fourth-order valence-electron chi connectivity index (χ4n) is 3.08. The van der Waals surface area contributed by atoms with Gasteiger partial charge in [-0.1, -0.05) is 6.07 Å². The minimum Gasteiger partial charge on any atom is -0.352 e. The van der Waals surface area contributed by atoms with Crippen LogP contribution in [-0.4, -0.2) is 33.5 Å². The van der Waals surface area contributed by atoms with E-state index in [1.165, 1.54) is 12.8 Å². The molecule has 1 aliphatic heterocycles. The lowest BCUT2D eigenvalue weighted by atomic mass is 9.93. The predicted molar refractivity (Wildman–Crippen MR) is 107 cm³/mol. The van der Waals surface area contributed by atoms with Gasteiger partial charge in [0.05, 0.1) is 0 Å². The maximum absolute atomic E-state index is 12.0. The first-order valence-electron chi connectivity index (χ1n) is 8.65. The number of pyridine rings is 1. The molecule has 0 spiro atoms. The van der Waals surface area contributed by atoms with E-state index in [0.29, 0.717) is 18.9 Å². The molecule has 3 rings (SSSR count). The van der Waals surface area contributed by atoms with Gasteiger partial charge in [-0.05, 0) is 56.8 Å². The first-order chi connectivity index (χ1) is 11.7. The van der Waals surface area contributed by atoms with Gasteiger partial charge in [-0.15, -0.1) is 24.8 Å². The van der Waals surface area contributed by atoms with Crippen LogP contribution < -0.4 is 10.6 Å². The highest BCUT2D eigenvalue weighted by atomic mass is 35.5. The Bertz CT molecular complexity index is 668. The number of hydrogen-bond acceptors (Lipinski definition) is 4. The van der Waals surface area contributed by atoms with E-state index in [1.54, 1.807) is 6.20 Å². The second-order valence-corrected chi connectivity index (χ2v) is 6.38. The molecule has 2 aromatic heterocycles. The van der Waals surface area contributed by atoms with Crippen molar-refractivity contribution in [3.63, 3.8) is 0 Å². The normalized spacial score (nSPS) is 14.2. The third kappa shape index (κ3) is 6.27. The third-order valence-electron chi connectivity index (χ3n) is 4.61. The lowest BCUT2D eigenvalue weighted by Gasteiger charge is -2.22. The maximum Gasteiger partial charge on any atom is 0.220 e. The Morgan fingerprint density at radius 3 is 2.65 bits per heavy atom. The van der Waals surface area contributed by atoms with Crippen LogP contribution in [-0.2, 0) is 11.3 Å². The zero-order chi connectivity index (χ0) is 16.8. The van der Waals surface area contributed by atoms with Crippen LogP contribution in [0.1, 0.15) is 37.1 Å². The summed E-state index contributed by atoms with van der Waals surface area (Å²) in [6, 6.07) is 3.94. The number of hydrogen-bond donors (Lipinski definition) is 2. The van der Waals surface area contributed by atoms with E-state index in [2.05, 4.69) is 20.6 Å². The Hall–Kier alpha value is -1.63. The molecule has 3 heterocycles. The second-order valence-electron chi connectivity index (χ2n) is 6.38. The fraction of sp³-hybridized carbons (Fsp3) is 0.500. The van der Waals surface area contributed by atoms with Crippen molar-refractivity contribution in [2.45, 2.75) is 39.2 Å². The van der Waals surface area contributed by atoms with Crippen molar-refractivity contribution in [1.29, 1.82) is 0 Å². The summed E-state index contributed by atoms with van der Waals surface area (Å²) < 4.78 is 1.93. The zero-order valence-electron chi connectivity index (χ0n) is 15.0. The molecule has 2 aromatic rings. The SMILES string of the molecule is Cc1nccn1-c1ccc(CNC(=O)CCC2CCNCC2)cn1.Cl.Cl. The van der Waals surface area contributed by atoms with E-state index in [9.17, 15) is 4.79 Å². The highest BCUT2D eigenvalue weighted by molar-refractivity contribution is 5.85. The Morgan fingerprint density at radius 1 is 1.27 bits per heavy atom. The molecule has 0 unspecified atom stereocenters. The van der Waals surface area contributed by atoms with E-state index in [-0.39, 0.29) is 30.7 Å². The standard InChI is InChI=1S/C18H25N5O.2ClH/c1-14-20-10-11-23(14)17-4-2-16(12-21-17)13-22-18(24)5-3-15-6-8-19-9-7-15;;/h2,4,10-12,15,19H,3,5-9,13H2,1H3,(H,22,24);2*1H. The van der Waals surface area contributed by atoms with Gasteiger partial charge in [-0.25, -0.2) is 9.97 Å². The van der Waals surface area contributed by atoms with Crippen molar-refractivity contribution in [2.24, 2.45) is 5.92 Å². The molecular weight excluding hydrogens is 373 g/mol. The summed E-state index contributed by atoms with van der Waals surface area (Å²) in [7, 11) is 0. The lowest BCUT2D eigenvalue weighted by molar-refractivity contribution is -0.121. The molecule has 6 nitrogen and oxygen atoms in total. The van der Waals surface area contributed by atoms with Gasteiger partial charge in [0.1, 0.15) is 11.6 Å². The molecule has 1 aliphatic rings. The van der Waals surface area contributed by atoms with Gasteiger partial charge in [0.2, 0.25) is 5.91 Å². The van der Waals surface area contributed by atoms with Gasteiger partial charge in [0.15, 0.2) is 0 Å². The molecule has 26 heavy (non-hydrogen) atoms. The lowest BCUT2D eigenvalue weighted by Crippen LogP contribution is -2.29. The van der Waals surface area contributed by atoms with Crippen LogP contribution in [0.25, 0.3) is 5.82 Å². The van der Waals surface area contributed by atoms with Crippen molar-refractivity contribution < 1.29 is 4.79 Å². The van der Waals surface area contributed by atoms with E-state index >= 15 is 0 Å². The molecule has 0 aliphatic carbocycles. The number of imidazole rings is 1. The monoisotopic (exact) mass is 399 g/mol. The molecule has 0 bridgehead atoms. The number of aryl methyl sites for hydroxylation is 1. The number of piperidine rings is 1. The fourth-order valence-corrected chi connectivity index (χ4v) is 3.08. The van der Waals surface area contributed by atoms with Crippen LogP contribution in [0.5, 0.6) is 0 Å². The Morgan fingerprint density at radius 2 is 2.04 bits per heavy atom. The van der Waals surface area contributed by atoms with Crippen molar-refractivity contribution in [1.82, 2.24) is 25.2 Å². The van der Waals surface area contributed by atoms with Gasteiger partial charge in [0.25, 0.3) is 0 Å². The number of carbonyl (C=O) groups excluding carboxylic acids is 1. The van der Waals surface area contributed by atoms with Crippen LogP contribution in [0.3, 0.4) is 0 Å².